The largest absolute Gasteiger partial charge is 0.313 e. The molecule has 0 aliphatic heterocycles. The Kier molecular flexibility index (Phi) is 4.07. The van der Waals surface area contributed by atoms with E-state index in [4.69, 9.17) is 0 Å². The first-order valence-corrected chi connectivity index (χ1v) is 12.9. The van der Waals surface area contributed by atoms with Crippen molar-refractivity contribution in [2.45, 2.75) is 25.7 Å². The highest BCUT2D eigenvalue weighted by atomic mass is 31.1. The van der Waals surface area contributed by atoms with Gasteiger partial charge in [0.05, 0.1) is 5.52 Å². The fraction of sp³-hybridized carbons (Fsp3) is 0.133. The Morgan fingerprint density at radius 2 is 1.34 bits per heavy atom. The van der Waals surface area contributed by atoms with Crippen molar-refractivity contribution in [2.75, 3.05) is 0 Å². The van der Waals surface area contributed by atoms with Crippen LogP contribution in [0.3, 0.4) is 0 Å². The maximum Gasteiger partial charge on any atom is 0.0544 e. The molecule has 1 aliphatic rings. The fourth-order valence-corrected chi connectivity index (χ4v) is 8.63. The summed E-state index contributed by atoms with van der Waals surface area (Å²) in [5.74, 6) is 0. The molecule has 4 aromatic carbocycles. The van der Waals surface area contributed by atoms with Crippen molar-refractivity contribution in [1.29, 1.82) is 0 Å². The number of aromatic nitrogens is 1. The van der Waals surface area contributed by atoms with Gasteiger partial charge in [-0.1, -0.05) is 86.4 Å². The van der Waals surface area contributed by atoms with Crippen LogP contribution in [0.25, 0.3) is 42.9 Å². The topological polar surface area (TPSA) is 4.93 Å². The Hall–Kier alpha value is -3.28. The molecule has 0 fully saturated rings. The normalized spacial score (nSPS) is 14.3. The second kappa shape index (κ2) is 7.12. The molecule has 0 amide bonds. The summed E-state index contributed by atoms with van der Waals surface area (Å²) in [6.45, 7) is 0. The smallest absolute Gasteiger partial charge is 0.0544 e. The van der Waals surface area contributed by atoms with E-state index in [0.717, 1.165) is 0 Å². The molecule has 32 heavy (non-hydrogen) atoms. The van der Waals surface area contributed by atoms with Crippen LogP contribution in [-0.4, -0.2) is 4.57 Å². The van der Waals surface area contributed by atoms with Crippen LogP contribution in [0.4, 0.5) is 0 Å². The van der Waals surface area contributed by atoms with Gasteiger partial charge in [-0.25, -0.2) is 0 Å². The third-order valence-electron chi connectivity index (χ3n) is 7.09. The molecule has 1 atom stereocenters. The van der Waals surface area contributed by atoms with Gasteiger partial charge >= 0.3 is 0 Å². The molecule has 154 valence electrons. The van der Waals surface area contributed by atoms with Gasteiger partial charge in [-0.2, -0.15) is 0 Å². The van der Waals surface area contributed by atoms with Crippen LogP contribution < -0.4 is 0 Å². The van der Waals surface area contributed by atoms with E-state index < -0.39 is 7.53 Å². The van der Waals surface area contributed by atoms with E-state index in [0.29, 0.717) is 0 Å². The van der Waals surface area contributed by atoms with Gasteiger partial charge in [0, 0.05) is 27.0 Å². The van der Waals surface area contributed by atoms with Crippen LogP contribution >= 0.6 is 7.53 Å². The molecule has 0 saturated carbocycles. The lowest BCUT2D eigenvalue weighted by Crippen LogP contribution is -2.06. The number of rotatable bonds is 2. The van der Waals surface area contributed by atoms with Crippen molar-refractivity contribution >= 4 is 39.4 Å². The summed E-state index contributed by atoms with van der Waals surface area (Å²) >= 11 is 0. The number of hydrogen-bond donors (Lipinski definition) is 0. The highest BCUT2D eigenvalue weighted by molar-refractivity contribution is 7.68. The molecule has 0 N–H and O–H groups in total. The predicted octanol–water partition coefficient (Wildman–Crippen LogP) is 8.79. The number of aryl methyl sites for hydroxylation is 1. The zero-order valence-corrected chi connectivity index (χ0v) is 18.9. The van der Waals surface area contributed by atoms with Crippen molar-refractivity contribution in [3.05, 3.63) is 108 Å². The minimum Gasteiger partial charge on any atom is -0.313 e. The third kappa shape index (κ3) is 2.52. The SMILES string of the molecule is c1ccc(-n2c3c(c4c2ccc2c5ccccc5p(-c5ccccc5)c24)CCCC3)cc1. The minimum absolute atomic E-state index is 0.556. The van der Waals surface area contributed by atoms with Gasteiger partial charge in [0.15, 0.2) is 0 Å². The zero-order chi connectivity index (χ0) is 21.1. The quantitative estimate of drug-likeness (QED) is 0.259. The standard InChI is InChI=1S/C30H24NP/c1-3-11-21(12-4-1)31-26-17-9-7-16-25(26)29-27(31)20-19-24-23-15-8-10-18-28(23)32(30(24)29)22-13-5-2-6-14-22/h1-6,8,10-15,18-20H,7,9,16-17H2. The molecular formula is C30H24NP. The zero-order valence-electron chi connectivity index (χ0n) is 18.0. The Balaban J connectivity index is 1.72. The second-order valence-corrected chi connectivity index (χ2v) is 11.0. The summed E-state index contributed by atoms with van der Waals surface area (Å²) in [7, 11) is -0.556. The maximum absolute atomic E-state index is 2.56. The van der Waals surface area contributed by atoms with Crippen molar-refractivity contribution in [3.63, 3.8) is 0 Å². The van der Waals surface area contributed by atoms with E-state index in [1.54, 1.807) is 10.7 Å². The van der Waals surface area contributed by atoms with Crippen LogP contribution in [0.2, 0.25) is 0 Å². The van der Waals surface area contributed by atoms with Crippen molar-refractivity contribution in [2.24, 2.45) is 0 Å². The lowest BCUT2D eigenvalue weighted by Gasteiger charge is -2.16. The average molecular weight is 430 g/mol. The monoisotopic (exact) mass is 429 g/mol. The van der Waals surface area contributed by atoms with Crippen LogP contribution in [0.1, 0.15) is 24.1 Å². The maximum atomic E-state index is 2.56. The molecule has 2 aromatic heterocycles. The molecule has 2 heteroatoms. The van der Waals surface area contributed by atoms with Crippen LogP contribution in [-0.2, 0) is 12.8 Å². The predicted molar refractivity (Wildman–Crippen MR) is 139 cm³/mol. The molecule has 1 aliphatic carbocycles. The van der Waals surface area contributed by atoms with Crippen molar-refractivity contribution in [1.82, 2.24) is 4.57 Å². The Labute approximate surface area is 189 Å². The molecule has 1 nitrogen and oxygen atoms in total. The van der Waals surface area contributed by atoms with Gasteiger partial charge in [0.1, 0.15) is 0 Å². The molecule has 2 heterocycles. The van der Waals surface area contributed by atoms with Gasteiger partial charge in [-0.05, 0) is 65.5 Å². The lowest BCUT2D eigenvalue weighted by molar-refractivity contribution is 0.667. The Morgan fingerprint density at radius 1 is 0.625 bits per heavy atom. The van der Waals surface area contributed by atoms with E-state index in [9.17, 15) is 0 Å². The summed E-state index contributed by atoms with van der Waals surface area (Å²) in [5.41, 5.74) is 5.81. The second-order valence-electron chi connectivity index (χ2n) is 8.85. The summed E-state index contributed by atoms with van der Waals surface area (Å²) in [6.07, 6.45) is 4.94. The van der Waals surface area contributed by atoms with Gasteiger partial charge in [0.25, 0.3) is 0 Å². The van der Waals surface area contributed by atoms with Gasteiger partial charge in [0.2, 0.25) is 0 Å². The highest BCUT2D eigenvalue weighted by Gasteiger charge is 2.25. The Morgan fingerprint density at radius 3 is 2.19 bits per heavy atom. The van der Waals surface area contributed by atoms with E-state index in [1.807, 2.05) is 0 Å². The van der Waals surface area contributed by atoms with Crippen molar-refractivity contribution < 1.29 is 0 Å². The van der Waals surface area contributed by atoms with Gasteiger partial charge < -0.3 is 4.57 Å². The summed E-state index contributed by atoms with van der Waals surface area (Å²) in [5, 5.41) is 8.95. The summed E-state index contributed by atoms with van der Waals surface area (Å²) < 4.78 is 2.56. The van der Waals surface area contributed by atoms with E-state index in [2.05, 4.69) is 102 Å². The summed E-state index contributed by atoms with van der Waals surface area (Å²) in [6, 6.07) is 36.0. The molecule has 6 aromatic rings. The van der Waals surface area contributed by atoms with E-state index in [1.165, 1.54) is 69.2 Å². The lowest BCUT2D eigenvalue weighted by atomic mass is 9.95. The number of nitrogens with zero attached hydrogens (tertiary/aromatic N) is 1. The molecular weight excluding hydrogens is 405 g/mol. The number of benzene rings is 4. The van der Waals surface area contributed by atoms with Crippen LogP contribution in [0.15, 0.2) is 97.1 Å². The number of para-hydroxylation sites is 1. The third-order valence-corrected chi connectivity index (χ3v) is 9.69. The molecule has 0 radical (unpaired) electrons. The number of fused-ring (bicyclic) bond motifs is 7. The van der Waals surface area contributed by atoms with Crippen LogP contribution in [0, 0.1) is 0 Å². The first-order chi connectivity index (χ1) is 15.9. The van der Waals surface area contributed by atoms with Crippen LogP contribution in [0.5, 0.6) is 0 Å². The first kappa shape index (κ1) is 18.3. The van der Waals surface area contributed by atoms with E-state index in [-0.39, 0.29) is 0 Å². The molecule has 7 rings (SSSR count). The van der Waals surface area contributed by atoms with Gasteiger partial charge in [-0.15, -0.1) is 0 Å². The van der Waals surface area contributed by atoms with Gasteiger partial charge in [-0.3, -0.25) is 0 Å². The van der Waals surface area contributed by atoms with E-state index >= 15 is 0 Å². The Bertz CT molecular complexity index is 1600. The first-order valence-electron chi connectivity index (χ1n) is 11.6. The number of hydrogen-bond acceptors (Lipinski definition) is 0. The molecule has 0 spiro atoms. The summed E-state index contributed by atoms with van der Waals surface area (Å²) in [4.78, 5) is 0. The molecule has 0 saturated heterocycles. The average Bonchev–Trinajstić information content (AvgIpc) is 3.38. The molecule has 0 bridgehead atoms. The highest BCUT2D eigenvalue weighted by Crippen LogP contribution is 2.58. The minimum atomic E-state index is -0.556. The molecule has 1 unspecified atom stereocenters. The fourth-order valence-electron chi connectivity index (χ4n) is 5.80. The van der Waals surface area contributed by atoms with Crippen molar-refractivity contribution in [3.8, 4) is 11.0 Å².